The van der Waals surface area contributed by atoms with Gasteiger partial charge in [0.05, 0.1) is 18.9 Å². The van der Waals surface area contributed by atoms with E-state index in [1.54, 1.807) is 18.3 Å². The van der Waals surface area contributed by atoms with E-state index in [0.717, 1.165) is 16.5 Å². The standard InChI is InChI=1S/C28H31N7O6/c29-21(10-17-12-31-22-4-2-1-3-20(17)22)26(38)32-14-25(37)34-23(11-18-13-30-15-33-18)27(39)35-24(28(40)41)9-16-5-7-19(36)8-6-16/h1-8,12-13,15,21,23-24,31,36H,9-11,14,29H2,(H,30,33)(H,32,38)(H,34,37)(H,35,39)(H,40,41). The van der Waals surface area contributed by atoms with Gasteiger partial charge in [0.25, 0.3) is 0 Å². The van der Waals surface area contributed by atoms with Crippen molar-refractivity contribution in [3.63, 3.8) is 0 Å². The average molecular weight is 562 g/mol. The Morgan fingerprint density at radius 3 is 2.37 bits per heavy atom. The molecule has 4 aromatic rings. The van der Waals surface area contributed by atoms with Crippen molar-refractivity contribution in [1.29, 1.82) is 0 Å². The van der Waals surface area contributed by atoms with Crippen molar-refractivity contribution in [2.75, 3.05) is 6.54 Å². The third kappa shape index (κ3) is 7.92. The number of aromatic hydroxyl groups is 1. The maximum absolute atomic E-state index is 13.1. The molecule has 0 bridgehead atoms. The Morgan fingerprint density at radius 1 is 0.902 bits per heavy atom. The number of carbonyl (C=O) groups is 4. The van der Waals surface area contributed by atoms with Crippen LogP contribution in [0.15, 0.2) is 67.3 Å². The number of benzene rings is 2. The second-order valence-electron chi connectivity index (χ2n) is 9.56. The Hall–Kier alpha value is -5.17. The SMILES string of the molecule is NC(Cc1c[nH]c2ccccc12)C(=O)NCC(=O)NC(Cc1cnc[nH]1)C(=O)NC(Cc1ccc(O)cc1)C(=O)O. The first kappa shape index (κ1) is 28.8. The Balaban J connectivity index is 1.35. The molecule has 0 spiro atoms. The quantitative estimate of drug-likeness (QED) is 0.112. The fourth-order valence-corrected chi connectivity index (χ4v) is 4.34. The van der Waals surface area contributed by atoms with Crippen LogP contribution in [0.2, 0.25) is 0 Å². The third-order valence-electron chi connectivity index (χ3n) is 6.50. The number of fused-ring (bicyclic) bond motifs is 1. The molecule has 0 aliphatic carbocycles. The number of rotatable bonds is 13. The molecule has 0 saturated carbocycles. The minimum Gasteiger partial charge on any atom is -0.508 e. The number of carboxylic acids is 1. The number of carboxylic acid groups (broad SMARTS) is 1. The molecule has 3 unspecified atom stereocenters. The number of amides is 3. The lowest BCUT2D eigenvalue weighted by Crippen LogP contribution is -2.55. The first-order chi connectivity index (χ1) is 19.7. The van der Waals surface area contributed by atoms with Gasteiger partial charge in [0, 0.05) is 41.8 Å². The summed E-state index contributed by atoms with van der Waals surface area (Å²) < 4.78 is 0. The van der Waals surface area contributed by atoms with E-state index in [-0.39, 0.29) is 25.0 Å². The van der Waals surface area contributed by atoms with Crippen LogP contribution in [0.25, 0.3) is 10.9 Å². The number of phenols is 1. The van der Waals surface area contributed by atoms with Crippen molar-refractivity contribution in [1.82, 2.24) is 30.9 Å². The van der Waals surface area contributed by atoms with Crippen LogP contribution in [0, 0.1) is 0 Å². The zero-order valence-corrected chi connectivity index (χ0v) is 22.0. The summed E-state index contributed by atoms with van der Waals surface area (Å²) in [7, 11) is 0. The molecule has 0 fully saturated rings. The van der Waals surface area contributed by atoms with Crippen molar-refractivity contribution in [2.45, 2.75) is 37.4 Å². The number of phenolic OH excluding ortho intramolecular Hbond substituents is 1. The van der Waals surface area contributed by atoms with E-state index in [0.29, 0.717) is 11.3 Å². The van der Waals surface area contributed by atoms with Gasteiger partial charge in [-0.3, -0.25) is 14.4 Å². The maximum Gasteiger partial charge on any atom is 0.326 e. The number of nitrogens with zero attached hydrogens (tertiary/aromatic N) is 1. The fourth-order valence-electron chi connectivity index (χ4n) is 4.34. The van der Waals surface area contributed by atoms with Crippen LogP contribution in [0.5, 0.6) is 5.75 Å². The molecule has 4 rings (SSSR count). The lowest BCUT2D eigenvalue weighted by molar-refractivity contribution is -0.142. The Bertz CT molecular complexity index is 1500. The predicted molar refractivity (Wildman–Crippen MR) is 149 cm³/mol. The first-order valence-corrected chi connectivity index (χ1v) is 12.9. The molecule has 0 aliphatic heterocycles. The maximum atomic E-state index is 13.1. The van der Waals surface area contributed by atoms with Gasteiger partial charge < -0.3 is 41.9 Å². The highest BCUT2D eigenvalue weighted by molar-refractivity contribution is 5.93. The largest absolute Gasteiger partial charge is 0.508 e. The third-order valence-corrected chi connectivity index (χ3v) is 6.50. The number of H-pyrrole nitrogens is 2. The van der Waals surface area contributed by atoms with Crippen molar-refractivity contribution in [3.8, 4) is 5.75 Å². The lowest BCUT2D eigenvalue weighted by Gasteiger charge is -2.21. The summed E-state index contributed by atoms with van der Waals surface area (Å²) in [5, 5.41) is 27.6. The summed E-state index contributed by atoms with van der Waals surface area (Å²) in [6.45, 7) is -0.441. The smallest absolute Gasteiger partial charge is 0.326 e. The highest BCUT2D eigenvalue weighted by Crippen LogP contribution is 2.18. The molecule has 3 amide bonds. The van der Waals surface area contributed by atoms with E-state index in [4.69, 9.17) is 5.73 Å². The average Bonchev–Trinajstić information content (AvgIpc) is 3.62. The van der Waals surface area contributed by atoms with Gasteiger partial charge in [0.15, 0.2) is 0 Å². The van der Waals surface area contributed by atoms with Gasteiger partial charge in [-0.05, 0) is 35.7 Å². The number of carbonyl (C=O) groups excluding carboxylic acids is 3. The number of nitrogens with one attached hydrogen (secondary N) is 5. The summed E-state index contributed by atoms with van der Waals surface area (Å²) in [5.74, 6) is -3.18. The second-order valence-corrected chi connectivity index (χ2v) is 9.56. The van der Waals surface area contributed by atoms with Crippen molar-refractivity contribution in [3.05, 3.63) is 84.1 Å². The zero-order chi connectivity index (χ0) is 29.4. The van der Waals surface area contributed by atoms with Crippen LogP contribution in [0.3, 0.4) is 0 Å². The molecule has 214 valence electrons. The molecule has 13 heteroatoms. The van der Waals surface area contributed by atoms with Gasteiger partial charge in [-0.15, -0.1) is 0 Å². The van der Waals surface area contributed by atoms with Crippen LogP contribution in [0.4, 0.5) is 0 Å². The Morgan fingerprint density at radius 2 is 1.66 bits per heavy atom. The molecule has 2 aromatic carbocycles. The minimum atomic E-state index is -1.30. The number of aromatic amines is 2. The zero-order valence-electron chi connectivity index (χ0n) is 22.0. The van der Waals surface area contributed by atoms with Gasteiger partial charge in [-0.25, -0.2) is 9.78 Å². The lowest BCUT2D eigenvalue weighted by atomic mass is 10.0. The van der Waals surface area contributed by atoms with Crippen molar-refractivity contribution >= 4 is 34.6 Å². The number of aliphatic carboxylic acids is 1. The predicted octanol–water partition coefficient (Wildman–Crippen LogP) is 0.122. The molecule has 9 N–H and O–H groups in total. The summed E-state index contributed by atoms with van der Waals surface area (Å²) in [6.07, 6.45) is 4.87. The van der Waals surface area contributed by atoms with E-state index in [1.165, 1.54) is 24.7 Å². The van der Waals surface area contributed by atoms with Crippen LogP contribution in [-0.4, -0.2) is 73.5 Å². The summed E-state index contributed by atoms with van der Waals surface area (Å²) in [4.78, 5) is 60.2. The van der Waals surface area contributed by atoms with Crippen molar-refractivity contribution < 1.29 is 29.4 Å². The molecular weight excluding hydrogens is 530 g/mol. The number of nitrogens with two attached hydrogens (primary N) is 1. The number of imidazole rings is 1. The molecule has 2 aromatic heterocycles. The molecule has 0 radical (unpaired) electrons. The number of para-hydroxylation sites is 1. The number of hydrogen-bond donors (Lipinski definition) is 8. The number of hydrogen-bond acceptors (Lipinski definition) is 7. The summed E-state index contributed by atoms with van der Waals surface area (Å²) in [5.41, 5.74) is 8.97. The minimum absolute atomic E-state index is 0.00283. The van der Waals surface area contributed by atoms with Crippen LogP contribution < -0.4 is 21.7 Å². The molecule has 0 aliphatic rings. The van der Waals surface area contributed by atoms with Gasteiger partial charge in [-0.1, -0.05) is 30.3 Å². The molecule has 0 saturated heterocycles. The molecule has 3 atom stereocenters. The molecule has 2 heterocycles. The first-order valence-electron chi connectivity index (χ1n) is 12.9. The fraction of sp³-hybridized carbons (Fsp3) is 0.250. The molecule has 13 nitrogen and oxygen atoms in total. The monoisotopic (exact) mass is 561 g/mol. The van der Waals surface area contributed by atoms with Gasteiger partial charge >= 0.3 is 5.97 Å². The topological polar surface area (TPSA) is 215 Å². The van der Waals surface area contributed by atoms with Crippen molar-refractivity contribution in [2.24, 2.45) is 5.73 Å². The van der Waals surface area contributed by atoms with Crippen LogP contribution in [0.1, 0.15) is 16.8 Å². The summed E-state index contributed by atoms with van der Waals surface area (Å²) in [6, 6.07) is 10.2. The van der Waals surface area contributed by atoms with E-state index in [9.17, 15) is 29.4 Å². The van der Waals surface area contributed by atoms with Gasteiger partial charge in [-0.2, -0.15) is 0 Å². The van der Waals surface area contributed by atoms with E-state index in [2.05, 4.69) is 30.9 Å². The molecular formula is C28H31N7O6. The normalized spacial score (nSPS) is 13.2. The van der Waals surface area contributed by atoms with E-state index in [1.807, 2.05) is 24.3 Å². The Labute approximate surface area is 234 Å². The van der Waals surface area contributed by atoms with Crippen LogP contribution in [-0.2, 0) is 38.4 Å². The van der Waals surface area contributed by atoms with E-state index >= 15 is 0 Å². The van der Waals surface area contributed by atoms with Gasteiger partial charge in [0.2, 0.25) is 17.7 Å². The highest BCUT2D eigenvalue weighted by Gasteiger charge is 2.28. The van der Waals surface area contributed by atoms with Crippen LogP contribution >= 0.6 is 0 Å². The highest BCUT2D eigenvalue weighted by atomic mass is 16.4. The van der Waals surface area contributed by atoms with Gasteiger partial charge in [0.1, 0.15) is 17.8 Å². The van der Waals surface area contributed by atoms with E-state index < -0.39 is 48.4 Å². The summed E-state index contributed by atoms with van der Waals surface area (Å²) >= 11 is 0. The Kier molecular flexibility index (Phi) is 9.32. The molecule has 41 heavy (non-hydrogen) atoms. The second kappa shape index (κ2) is 13.3. The number of aromatic nitrogens is 3.